The predicted octanol–water partition coefficient (Wildman–Crippen LogP) is 6.59. The van der Waals surface area contributed by atoms with Crippen LogP contribution in [0.2, 0.25) is 0 Å². The van der Waals surface area contributed by atoms with E-state index in [0.717, 1.165) is 33.6 Å². The maximum atomic E-state index is 13.3. The van der Waals surface area contributed by atoms with Crippen molar-refractivity contribution >= 4 is 23.4 Å². The Balaban J connectivity index is 1.92. The van der Waals surface area contributed by atoms with Crippen LogP contribution in [-0.2, 0) is 28.0 Å². The van der Waals surface area contributed by atoms with E-state index >= 15 is 0 Å². The minimum Gasteiger partial charge on any atom is -0.511 e. The zero-order chi connectivity index (χ0) is 26.0. The first-order chi connectivity index (χ1) is 16.3. The first-order valence-corrected chi connectivity index (χ1v) is 13.1. The fraction of sp³-hybridized carbons (Fsp3) is 0.483. The van der Waals surface area contributed by atoms with Crippen molar-refractivity contribution in [2.45, 2.75) is 89.7 Å². The highest BCUT2D eigenvalue weighted by molar-refractivity contribution is 8.04. The number of hydrogen-bond acceptors (Lipinski definition) is 6. The lowest BCUT2D eigenvalue weighted by Gasteiger charge is -2.38. The Kier molecular flexibility index (Phi) is 8.28. The maximum absolute atomic E-state index is 13.3. The van der Waals surface area contributed by atoms with Crippen LogP contribution in [0.3, 0.4) is 0 Å². The van der Waals surface area contributed by atoms with Gasteiger partial charge in [0.15, 0.2) is 0 Å². The average molecular weight is 498 g/mol. The number of aliphatic hydroxyl groups is 2. The third-order valence-corrected chi connectivity index (χ3v) is 7.67. The molecule has 0 bridgehead atoms. The second kappa shape index (κ2) is 10.7. The molecule has 1 aliphatic heterocycles. The molecule has 1 unspecified atom stereocenters. The Labute approximate surface area is 213 Å². The minimum atomic E-state index is -0.746. The highest BCUT2D eigenvalue weighted by atomic mass is 32.2. The molecule has 0 saturated carbocycles. The largest absolute Gasteiger partial charge is 0.511 e. The van der Waals surface area contributed by atoms with Gasteiger partial charge in [0.05, 0.1) is 6.61 Å². The lowest BCUT2D eigenvalue weighted by Crippen LogP contribution is -2.41. The number of hydrogen-bond donors (Lipinski definition) is 3. The summed E-state index contributed by atoms with van der Waals surface area (Å²) in [6, 6.07) is 11.7. The van der Waals surface area contributed by atoms with Gasteiger partial charge in [0.2, 0.25) is 0 Å². The number of ether oxygens (including phenoxy) is 1. The summed E-state index contributed by atoms with van der Waals surface area (Å²) in [6.07, 6.45) is 2.33. The second-order valence-corrected chi connectivity index (χ2v) is 12.2. The van der Waals surface area contributed by atoms with Crippen molar-refractivity contribution in [2.24, 2.45) is 5.92 Å². The van der Waals surface area contributed by atoms with Crippen LogP contribution < -0.4 is 5.73 Å². The van der Waals surface area contributed by atoms with Gasteiger partial charge in [-0.2, -0.15) is 0 Å². The lowest BCUT2D eigenvalue weighted by molar-refractivity contribution is -0.160. The Morgan fingerprint density at radius 1 is 1.17 bits per heavy atom. The normalized spacial score (nSPS) is 18.8. The zero-order valence-electron chi connectivity index (χ0n) is 21.8. The molecule has 0 aliphatic carbocycles. The molecule has 1 aliphatic rings. The molecule has 0 saturated heterocycles. The zero-order valence-corrected chi connectivity index (χ0v) is 22.6. The van der Waals surface area contributed by atoms with Crippen molar-refractivity contribution in [1.29, 1.82) is 0 Å². The molecule has 5 nitrogen and oxygen atoms in total. The van der Waals surface area contributed by atoms with E-state index in [1.54, 1.807) is 0 Å². The number of anilines is 1. The van der Waals surface area contributed by atoms with Crippen molar-refractivity contribution in [2.75, 3.05) is 5.73 Å². The van der Waals surface area contributed by atoms with Crippen LogP contribution in [0.4, 0.5) is 5.69 Å². The number of nitrogen functional groups attached to an aromatic ring is 1. The van der Waals surface area contributed by atoms with E-state index in [2.05, 4.69) is 34.6 Å². The molecule has 0 amide bonds. The average Bonchev–Trinajstić information content (AvgIpc) is 2.75. The van der Waals surface area contributed by atoms with Gasteiger partial charge in [0.1, 0.15) is 16.3 Å². The second-order valence-electron chi connectivity index (χ2n) is 11.1. The van der Waals surface area contributed by atoms with Crippen molar-refractivity contribution in [3.63, 3.8) is 0 Å². The van der Waals surface area contributed by atoms with Gasteiger partial charge in [-0.05, 0) is 78.0 Å². The molecule has 6 heteroatoms. The summed E-state index contributed by atoms with van der Waals surface area (Å²) in [5.74, 6) is -0.0780. The first-order valence-electron chi connectivity index (χ1n) is 12.3. The number of carbonyl (C=O) groups is 1. The highest BCUT2D eigenvalue weighted by Gasteiger charge is 2.42. The van der Waals surface area contributed by atoms with E-state index in [1.165, 1.54) is 11.8 Å². The van der Waals surface area contributed by atoms with Gasteiger partial charge in [0, 0.05) is 17.0 Å². The quantitative estimate of drug-likeness (QED) is 0.281. The fourth-order valence-corrected chi connectivity index (χ4v) is 5.96. The van der Waals surface area contributed by atoms with E-state index in [9.17, 15) is 15.0 Å². The number of nitrogens with two attached hydrogens (primary N) is 1. The summed E-state index contributed by atoms with van der Waals surface area (Å²) < 4.78 is 6.14. The third-order valence-electron chi connectivity index (χ3n) is 6.50. The molecule has 1 atom stereocenters. The molecular weight excluding hydrogens is 458 g/mol. The summed E-state index contributed by atoms with van der Waals surface area (Å²) in [7, 11) is 0. The standard InChI is InChI=1S/C29H39NO4S/c1-18(2)15-29(12-11-20-7-9-22(30)10-8-20)16-24(32)26(27(33)34-29)35-25-13-19(3)21(17-31)14-23(25)28(4,5)6/h7-10,13-14,18,31-32H,11-12,15-17,30H2,1-6H3. The maximum Gasteiger partial charge on any atom is 0.349 e. The highest BCUT2D eigenvalue weighted by Crippen LogP contribution is 2.45. The summed E-state index contributed by atoms with van der Waals surface area (Å²) in [6.45, 7) is 12.4. The van der Waals surface area contributed by atoms with E-state index in [4.69, 9.17) is 10.5 Å². The fourth-order valence-electron chi connectivity index (χ4n) is 4.72. The number of thioether (sulfide) groups is 1. The Hall–Kier alpha value is -2.44. The van der Waals surface area contributed by atoms with E-state index in [1.807, 2.05) is 43.3 Å². The molecule has 2 aromatic carbocycles. The van der Waals surface area contributed by atoms with E-state index in [0.29, 0.717) is 30.9 Å². The van der Waals surface area contributed by atoms with Crippen molar-refractivity contribution in [3.8, 4) is 0 Å². The summed E-state index contributed by atoms with van der Waals surface area (Å²) in [5, 5.41) is 20.9. The number of benzene rings is 2. The molecular formula is C29H39NO4S. The molecule has 1 heterocycles. The van der Waals surface area contributed by atoms with E-state index in [-0.39, 0.29) is 22.7 Å². The first kappa shape index (κ1) is 27.2. The van der Waals surface area contributed by atoms with Gasteiger partial charge in [0.25, 0.3) is 0 Å². The number of carbonyl (C=O) groups excluding carboxylic acids is 1. The van der Waals surface area contributed by atoms with E-state index < -0.39 is 11.6 Å². The van der Waals surface area contributed by atoms with Crippen LogP contribution in [0.25, 0.3) is 0 Å². The minimum absolute atomic E-state index is 0.0401. The Morgan fingerprint density at radius 3 is 2.37 bits per heavy atom. The predicted molar refractivity (Wildman–Crippen MR) is 143 cm³/mol. The van der Waals surface area contributed by atoms with Gasteiger partial charge in [-0.3, -0.25) is 0 Å². The van der Waals surface area contributed by atoms with Gasteiger partial charge >= 0.3 is 5.97 Å². The van der Waals surface area contributed by atoms with Crippen LogP contribution in [-0.4, -0.2) is 21.8 Å². The number of aliphatic hydroxyl groups excluding tert-OH is 2. The van der Waals surface area contributed by atoms with Crippen molar-refractivity contribution in [3.05, 3.63) is 69.3 Å². The smallest absolute Gasteiger partial charge is 0.349 e. The monoisotopic (exact) mass is 497 g/mol. The molecule has 2 aromatic rings. The molecule has 0 spiro atoms. The molecule has 190 valence electrons. The van der Waals surface area contributed by atoms with Gasteiger partial charge in [-0.15, -0.1) is 0 Å². The summed E-state index contributed by atoms with van der Waals surface area (Å²) in [5.41, 5.74) is 9.54. The molecule has 35 heavy (non-hydrogen) atoms. The summed E-state index contributed by atoms with van der Waals surface area (Å²) >= 11 is 1.26. The Morgan fingerprint density at radius 2 is 1.83 bits per heavy atom. The third kappa shape index (κ3) is 6.62. The molecule has 0 aromatic heterocycles. The number of cyclic esters (lactones) is 1. The number of aryl methyl sites for hydroxylation is 2. The molecule has 4 N–H and O–H groups in total. The van der Waals surface area contributed by atoms with Crippen molar-refractivity contribution < 1.29 is 19.7 Å². The number of rotatable bonds is 8. The molecule has 3 rings (SSSR count). The van der Waals surface area contributed by atoms with Gasteiger partial charge in [-0.1, -0.05) is 64.6 Å². The Bertz CT molecular complexity index is 1100. The molecule has 0 fully saturated rings. The van der Waals surface area contributed by atoms with Crippen LogP contribution in [0.1, 0.15) is 76.1 Å². The van der Waals surface area contributed by atoms with Crippen LogP contribution in [0, 0.1) is 12.8 Å². The number of esters is 1. The van der Waals surface area contributed by atoms with Crippen LogP contribution in [0.5, 0.6) is 0 Å². The lowest BCUT2D eigenvalue weighted by atomic mass is 9.82. The summed E-state index contributed by atoms with van der Waals surface area (Å²) in [4.78, 5) is 14.5. The topological polar surface area (TPSA) is 92.8 Å². The van der Waals surface area contributed by atoms with Gasteiger partial charge < -0.3 is 20.7 Å². The van der Waals surface area contributed by atoms with Crippen molar-refractivity contribution in [1.82, 2.24) is 0 Å². The van der Waals surface area contributed by atoms with Crippen LogP contribution >= 0.6 is 11.8 Å². The van der Waals surface area contributed by atoms with Gasteiger partial charge in [-0.25, -0.2) is 4.79 Å². The SMILES string of the molecule is Cc1cc(SC2=C(O)CC(CCc3ccc(N)cc3)(CC(C)C)OC2=O)c(C(C)(C)C)cc1CO. The van der Waals surface area contributed by atoms with Crippen LogP contribution in [0.15, 0.2) is 52.0 Å². The molecule has 0 radical (unpaired) electrons.